The molecule has 0 aliphatic heterocycles. The number of Topliss-reactive ketones (excluding diaryl/α,β-unsaturated/α-hetero) is 1. The van der Waals surface area contributed by atoms with E-state index in [1.54, 1.807) is 13.8 Å². The van der Waals surface area contributed by atoms with Crippen LogP contribution in [0.15, 0.2) is 0 Å². The molecule has 0 spiro atoms. The number of carboxylic acid groups (broad SMARTS) is 1. The van der Waals surface area contributed by atoms with Gasteiger partial charge in [-0.3, -0.25) is 9.59 Å². The molecule has 62 valence electrons. The van der Waals surface area contributed by atoms with Crippen molar-refractivity contribution in [2.24, 2.45) is 11.8 Å². The molecule has 0 bridgehead atoms. The quantitative estimate of drug-likeness (QED) is 0.534. The van der Waals surface area contributed by atoms with E-state index < -0.39 is 11.9 Å². The van der Waals surface area contributed by atoms with E-state index in [1.165, 1.54) is 6.92 Å². The van der Waals surface area contributed by atoms with Crippen LogP contribution in [0.1, 0.15) is 20.8 Å². The smallest absolute Gasteiger partial charge is 0.314 e. The van der Waals surface area contributed by atoms with Crippen LogP contribution in [0.3, 0.4) is 0 Å². The van der Waals surface area contributed by atoms with Gasteiger partial charge in [-0.25, -0.2) is 0 Å². The molecule has 0 aromatic rings. The van der Waals surface area contributed by atoms with Crippen LogP contribution in [0.25, 0.3) is 0 Å². The second-order valence-electron chi connectivity index (χ2n) is 2.67. The molecule has 1 N–H and O–H groups in total. The maximum atomic E-state index is 10.6. The Labute approximate surface area is 81.1 Å². The average molecular weight is 192 g/mol. The van der Waals surface area contributed by atoms with Gasteiger partial charge in [0.25, 0.3) is 0 Å². The molecule has 0 heterocycles. The molecule has 4 heteroatoms. The summed E-state index contributed by atoms with van der Waals surface area (Å²) in [5.74, 6) is -2.25. The van der Waals surface area contributed by atoms with Crippen molar-refractivity contribution in [1.82, 2.24) is 0 Å². The van der Waals surface area contributed by atoms with Gasteiger partial charge in [0.1, 0.15) is 11.7 Å². The zero-order valence-corrected chi connectivity index (χ0v) is 8.48. The summed E-state index contributed by atoms with van der Waals surface area (Å²) < 4.78 is 0. The topological polar surface area (TPSA) is 54.4 Å². The monoisotopic (exact) mass is 192 g/mol. The van der Waals surface area contributed by atoms with Crippen molar-refractivity contribution in [2.75, 3.05) is 0 Å². The fraction of sp³-hybridized carbons (Fsp3) is 0.714. The number of ketones is 1. The van der Waals surface area contributed by atoms with Gasteiger partial charge in [-0.1, -0.05) is 13.8 Å². The Kier molecular flexibility index (Phi) is 6.72. The second-order valence-corrected chi connectivity index (χ2v) is 2.67. The summed E-state index contributed by atoms with van der Waals surface area (Å²) in [7, 11) is 0. The summed E-state index contributed by atoms with van der Waals surface area (Å²) in [6, 6.07) is 0. The third-order valence-electron chi connectivity index (χ3n) is 1.37. The Morgan fingerprint density at radius 1 is 1.27 bits per heavy atom. The van der Waals surface area contributed by atoms with Crippen molar-refractivity contribution in [3.8, 4) is 0 Å². The summed E-state index contributed by atoms with van der Waals surface area (Å²) in [5, 5.41) is 8.49. The molecule has 0 saturated carbocycles. The molecule has 0 rings (SSSR count). The molecule has 1 unspecified atom stereocenters. The summed E-state index contributed by atoms with van der Waals surface area (Å²) in [5.41, 5.74) is 0. The Morgan fingerprint density at radius 2 is 1.64 bits per heavy atom. The molecule has 0 radical (unpaired) electrons. The number of rotatable bonds is 3. The van der Waals surface area contributed by atoms with Crippen molar-refractivity contribution in [1.29, 1.82) is 0 Å². The van der Waals surface area contributed by atoms with E-state index >= 15 is 0 Å². The largest absolute Gasteiger partial charge is 0.481 e. The number of hydrogen-bond acceptors (Lipinski definition) is 2. The van der Waals surface area contributed by atoms with E-state index in [0.717, 1.165) is 0 Å². The first-order valence-corrected chi connectivity index (χ1v) is 3.20. The molecular formula is C7H12O3Ti. The van der Waals surface area contributed by atoms with Crippen LogP contribution in [-0.4, -0.2) is 16.9 Å². The van der Waals surface area contributed by atoms with E-state index in [-0.39, 0.29) is 33.4 Å². The number of carboxylic acids is 1. The van der Waals surface area contributed by atoms with Gasteiger partial charge < -0.3 is 5.11 Å². The van der Waals surface area contributed by atoms with Crippen molar-refractivity contribution >= 4 is 11.8 Å². The molecular weight excluding hydrogens is 180 g/mol. The normalized spacial score (nSPS) is 12.0. The first-order valence-electron chi connectivity index (χ1n) is 3.20. The number of carbonyl (C=O) groups is 2. The van der Waals surface area contributed by atoms with E-state index in [4.69, 9.17) is 5.11 Å². The molecule has 0 aliphatic carbocycles. The summed E-state index contributed by atoms with van der Waals surface area (Å²) in [6.07, 6.45) is 0. The van der Waals surface area contributed by atoms with Gasteiger partial charge >= 0.3 is 5.97 Å². The predicted octanol–water partition coefficient (Wildman–Crippen LogP) is 0.930. The predicted molar refractivity (Wildman–Crippen MR) is 36.6 cm³/mol. The van der Waals surface area contributed by atoms with E-state index in [0.29, 0.717) is 0 Å². The molecule has 0 saturated heterocycles. The second kappa shape index (κ2) is 5.50. The van der Waals surface area contributed by atoms with E-state index in [1.807, 2.05) is 0 Å². The van der Waals surface area contributed by atoms with Crippen LogP contribution in [0.4, 0.5) is 0 Å². The molecule has 0 fully saturated rings. The maximum Gasteiger partial charge on any atom is 0.314 e. The Balaban J connectivity index is 0. The van der Waals surface area contributed by atoms with Gasteiger partial charge in [-0.2, -0.15) is 0 Å². The van der Waals surface area contributed by atoms with Crippen LogP contribution in [0, 0.1) is 11.8 Å². The first-order chi connectivity index (χ1) is 4.46. The Bertz CT molecular complexity index is 140. The van der Waals surface area contributed by atoms with Gasteiger partial charge in [0, 0.05) is 21.7 Å². The molecule has 1 atom stereocenters. The van der Waals surface area contributed by atoms with E-state index in [9.17, 15) is 9.59 Å². The molecule has 11 heavy (non-hydrogen) atoms. The van der Waals surface area contributed by atoms with Crippen LogP contribution in [-0.2, 0) is 31.3 Å². The minimum Gasteiger partial charge on any atom is -0.481 e. The minimum absolute atomic E-state index is 0. The maximum absolute atomic E-state index is 10.6. The zero-order valence-electron chi connectivity index (χ0n) is 6.92. The fourth-order valence-corrected chi connectivity index (χ4v) is 0.928. The number of aliphatic carboxylic acids is 1. The summed E-state index contributed by atoms with van der Waals surface area (Å²) >= 11 is 0. The zero-order chi connectivity index (χ0) is 8.31. The third-order valence-corrected chi connectivity index (χ3v) is 1.37. The molecule has 0 aromatic heterocycles. The number of hydrogen-bond donors (Lipinski definition) is 1. The van der Waals surface area contributed by atoms with Gasteiger partial charge in [0.2, 0.25) is 0 Å². The SMILES string of the molecule is CC(=O)C(C(=O)O)C(C)C.[Ti]. The van der Waals surface area contributed by atoms with Crippen LogP contribution in [0.2, 0.25) is 0 Å². The fourth-order valence-electron chi connectivity index (χ4n) is 0.928. The minimum atomic E-state index is -1.03. The van der Waals surface area contributed by atoms with Crippen LogP contribution < -0.4 is 0 Å². The van der Waals surface area contributed by atoms with Gasteiger partial charge in [0.15, 0.2) is 0 Å². The Morgan fingerprint density at radius 3 is 1.64 bits per heavy atom. The van der Waals surface area contributed by atoms with Crippen LogP contribution in [0.5, 0.6) is 0 Å². The van der Waals surface area contributed by atoms with Crippen molar-refractivity contribution in [2.45, 2.75) is 20.8 Å². The molecule has 3 nitrogen and oxygen atoms in total. The van der Waals surface area contributed by atoms with Crippen LogP contribution >= 0.6 is 0 Å². The van der Waals surface area contributed by atoms with E-state index in [2.05, 4.69) is 0 Å². The number of carbonyl (C=O) groups excluding carboxylic acids is 1. The van der Waals surface area contributed by atoms with Crippen molar-refractivity contribution in [3.63, 3.8) is 0 Å². The summed E-state index contributed by atoms with van der Waals surface area (Å²) in [6.45, 7) is 4.75. The van der Waals surface area contributed by atoms with Crippen molar-refractivity contribution in [3.05, 3.63) is 0 Å². The molecule has 0 aliphatic rings. The van der Waals surface area contributed by atoms with Gasteiger partial charge in [0.05, 0.1) is 0 Å². The van der Waals surface area contributed by atoms with Crippen molar-refractivity contribution < 1.29 is 36.4 Å². The first kappa shape index (κ1) is 13.4. The Hall–Kier alpha value is -0.146. The van der Waals surface area contributed by atoms with Gasteiger partial charge in [-0.15, -0.1) is 0 Å². The molecule has 0 amide bonds. The van der Waals surface area contributed by atoms with Gasteiger partial charge in [-0.05, 0) is 12.8 Å². The standard InChI is InChI=1S/C7H12O3.Ti/c1-4(2)6(5(3)8)7(9)10;/h4,6H,1-3H3,(H,9,10);. The average Bonchev–Trinajstić information content (AvgIpc) is 1.59. The molecule has 0 aromatic carbocycles. The summed E-state index contributed by atoms with van der Waals surface area (Å²) in [4.78, 5) is 21.0. The third kappa shape index (κ3) is 4.33.